The second kappa shape index (κ2) is 5.35. The zero-order valence-electron chi connectivity index (χ0n) is 10.9. The largest absolute Gasteiger partial charge is 0.324 e. The summed E-state index contributed by atoms with van der Waals surface area (Å²) in [7, 11) is 0. The summed E-state index contributed by atoms with van der Waals surface area (Å²) in [6, 6.07) is 13.8. The van der Waals surface area contributed by atoms with Gasteiger partial charge in [0.15, 0.2) is 0 Å². The van der Waals surface area contributed by atoms with Gasteiger partial charge in [-0.3, -0.25) is 9.72 Å². The van der Waals surface area contributed by atoms with E-state index in [4.69, 9.17) is 5.26 Å². The Balaban J connectivity index is 0.00000132. The second-order valence-electron chi connectivity index (χ2n) is 4.37. The quantitative estimate of drug-likeness (QED) is 0.755. The molecule has 106 valence electrons. The van der Waals surface area contributed by atoms with Crippen molar-refractivity contribution in [2.24, 2.45) is 0 Å². The lowest BCUT2D eigenvalue weighted by Crippen LogP contribution is -2.20. The Morgan fingerprint density at radius 3 is 2.76 bits per heavy atom. The maximum atomic E-state index is 12.0. The van der Waals surface area contributed by atoms with E-state index in [9.17, 15) is 4.79 Å². The lowest BCUT2D eigenvalue weighted by molar-refractivity contribution is 0.262. The Morgan fingerprint density at radius 1 is 1.19 bits per heavy atom. The van der Waals surface area contributed by atoms with Crippen LogP contribution in [0.15, 0.2) is 55.0 Å². The van der Waals surface area contributed by atoms with E-state index >= 15 is 0 Å². The number of benzene rings is 1. The third-order valence-corrected chi connectivity index (χ3v) is 2.96. The van der Waals surface area contributed by atoms with Crippen LogP contribution in [0.3, 0.4) is 0 Å². The van der Waals surface area contributed by atoms with Crippen LogP contribution in [0.5, 0.6) is 0 Å². The normalized spacial score (nSPS) is 10.0. The van der Waals surface area contributed by atoms with Crippen molar-refractivity contribution >= 4 is 23.1 Å². The molecule has 6 heteroatoms. The summed E-state index contributed by atoms with van der Waals surface area (Å²) in [5.74, 6) is 0.621. The highest BCUT2D eigenvalue weighted by atomic mass is 16.2. The number of carbonyl (C=O) groups excluding carboxylic acids is 1. The summed E-state index contributed by atoms with van der Waals surface area (Å²) in [5, 5.41) is 14.2. The van der Waals surface area contributed by atoms with E-state index in [1.54, 1.807) is 47.3 Å². The van der Waals surface area contributed by atoms with E-state index in [1.165, 1.54) is 0 Å². The van der Waals surface area contributed by atoms with Gasteiger partial charge in [-0.25, -0.2) is 9.78 Å². The van der Waals surface area contributed by atoms with Crippen LogP contribution in [0, 0.1) is 11.3 Å². The zero-order chi connectivity index (χ0) is 14.7. The van der Waals surface area contributed by atoms with Crippen LogP contribution in [0.4, 0.5) is 16.3 Å². The van der Waals surface area contributed by atoms with Gasteiger partial charge in [-0.2, -0.15) is 5.26 Å². The number of pyridine rings is 1. The van der Waals surface area contributed by atoms with Crippen molar-refractivity contribution in [2.45, 2.75) is 0 Å². The molecule has 0 fully saturated rings. The number of nitriles is 1. The van der Waals surface area contributed by atoms with E-state index < -0.39 is 0 Å². The van der Waals surface area contributed by atoms with Gasteiger partial charge < -0.3 is 5.32 Å². The lowest BCUT2D eigenvalue weighted by atomic mass is 10.2. The molecule has 0 atom stereocenters. The number of anilines is 2. The van der Waals surface area contributed by atoms with Crippen LogP contribution in [0.1, 0.15) is 8.42 Å². The summed E-state index contributed by atoms with van der Waals surface area (Å²) in [5.41, 5.74) is 2.06. The first-order valence-electron chi connectivity index (χ1n) is 6.25. The SMILES string of the molecule is N#Cc1ccc(NC(=O)Nc2cccc3cncn23)cc1.[HH].[HH]. The molecule has 1 aromatic carbocycles. The van der Waals surface area contributed by atoms with E-state index in [0.717, 1.165) is 5.52 Å². The van der Waals surface area contributed by atoms with Gasteiger partial charge in [0.1, 0.15) is 12.1 Å². The smallest absolute Gasteiger partial charge is 0.308 e. The first-order valence-corrected chi connectivity index (χ1v) is 6.25. The van der Waals surface area contributed by atoms with Crippen molar-refractivity contribution in [3.05, 3.63) is 60.6 Å². The second-order valence-corrected chi connectivity index (χ2v) is 4.37. The number of rotatable bonds is 2. The Kier molecular flexibility index (Phi) is 3.23. The van der Waals surface area contributed by atoms with Gasteiger partial charge in [0, 0.05) is 8.54 Å². The summed E-state index contributed by atoms with van der Waals surface area (Å²) in [4.78, 5) is 16.0. The number of aromatic nitrogens is 2. The van der Waals surface area contributed by atoms with Crippen molar-refractivity contribution in [1.29, 1.82) is 5.26 Å². The highest BCUT2D eigenvalue weighted by molar-refractivity contribution is 5.99. The van der Waals surface area contributed by atoms with Gasteiger partial charge in [0.25, 0.3) is 0 Å². The maximum absolute atomic E-state index is 12.0. The predicted octanol–water partition coefficient (Wildman–Crippen LogP) is 3.34. The fourth-order valence-electron chi connectivity index (χ4n) is 1.96. The minimum Gasteiger partial charge on any atom is -0.308 e. The summed E-state index contributed by atoms with van der Waals surface area (Å²) >= 11 is 0. The molecule has 2 N–H and O–H groups in total. The van der Waals surface area contributed by atoms with Crippen LogP contribution in [0.2, 0.25) is 0 Å². The Labute approximate surface area is 123 Å². The lowest BCUT2D eigenvalue weighted by Gasteiger charge is -2.09. The molecular weight excluding hydrogens is 266 g/mol. The first-order chi connectivity index (χ1) is 10.3. The topological polar surface area (TPSA) is 82.2 Å². The third-order valence-electron chi connectivity index (χ3n) is 2.96. The number of imidazole rings is 1. The summed E-state index contributed by atoms with van der Waals surface area (Å²) in [6.07, 6.45) is 3.34. The molecule has 0 aliphatic rings. The summed E-state index contributed by atoms with van der Waals surface area (Å²) < 4.78 is 1.78. The van der Waals surface area contributed by atoms with Crippen molar-refractivity contribution in [2.75, 3.05) is 10.6 Å². The summed E-state index contributed by atoms with van der Waals surface area (Å²) in [6.45, 7) is 0. The molecule has 21 heavy (non-hydrogen) atoms. The Hall–Kier alpha value is -3.33. The fraction of sp³-hybridized carbons (Fsp3) is 0. The van der Waals surface area contributed by atoms with Crippen molar-refractivity contribution in [3.63, 3.8) is 0 Å². The molecule has 2 heterocycles. The molecule has 0 saturated heterocycles. The first kappa shape index (κ1) is 12.7. The number of nitrogens with one attached hydrogen (secondary N) is 2. The monoisotopic (exact) mass is 281 g/mol. The van der Waals surface area contributed by atoms with Gasteiger partial charge in [-0.05, 0) is 36.4 Å². The number of hydrogen-bond acceptors (Lipinski definition) is 3. The number of amides is 2. The van der Waals surface area contributed by atoms with Crippen molar-refractivity contribution < 1.29 is 7.65 Å². The van der Waals surface area contributed by atoms with Crippen LogP contribution in [-0.2, 0) is 0 Å². The molecule has 2 amide bonds. The zero-order valence-corrected chi connectivity index (χ0v) is 10.9. The molecule has 0 unspecified atom stereocenters. The maximum Gasteiger partial charge on any atom is 0.324 e. The van der Waals surface area contributed by atoms with Crippen LogP contribution in [-0.4, -0.2) is 15.4 Å². The average molecular weight is 281 g/mol. The van der Waals surface area contributed by atoms with Gasteiger partial charge in [-0.15, -0.1) is 0 Å². The van der Waals surface area contributed by atoms with Gasteiger partial charge >= 0.3 is 6.03 Å². The highest BCUT2D eigenvalue weighted by Gasteiger charge is 2.05. The molecule has 0 saturated carbocycles. The molecular formula is C15H15N5O. The minimum absolute atomic E-state index is 0. The number of urea groups is 1. The van der Waals surface area contributed by atoms with Crippen molar-refractivity contribution in [1.82, 2.24) is 9.38 Å². The van der Waals surface area contributed by atoms with Crippen LogP contribution < -0.4 is 10.6 Å². The minimum atomic E-state index is -0.360. The van der Waals surface area contributed by atoms with Gasteiger partial charge in [0.05, 0.1) is 23.3 Å². The van der Waals surface area contributed by atoms with Gasteiger partial charge in [0.2, 0.25) is 0 Å². The molecule has 0 aliphatic heterocycles. The van der Waals surface area contributed by atoms with E-state index in [2.05, 4.69) is 15.6 Å². The molecule has 3 rings (SSSR count). The molecule has 3 aromatic rings. The predicted molar refractivity (Wildman–Crippen MR) is 83.2 cm³/mol. The van der Waals surface area contributed by atoms with E-state index in [1.807, 2.05) is 18.2 Å². The molecule has 0 spiro atoms. The Morgan fingerprint density at radius 2 is 2.00 bits per heavy atom. The average Bonchev–Trinajstić information content (AvgIpc) is 2.97. The molecule has 0 aliphatic carbocycles. The molecule has 0 radical (unpaired) electrons. The van der Waals surface area contributed by atoms with Crippen LogP contribution >= 0.6 is 0 Å². The number of fused-ring (bicyclic) bond motifs is 1. The standard InChI is InChI=1S/C15H11N5O.2H2/c16-8-11-4-6-12(7-5-11)18-15(21)19-14-3-1-2-13-9-17-10-20(13)14;;/h1-7,9-10H,(H2,18,19,21);2*1H. The highest BCUT2D eigenvalue weighted by Crippen LogP contribution is 2.13. The molecule has 6 nitrogen and oxygen atoms in total. The van der Waals surface area contributed by atoms with Crippen LogP contribution in [0.25, 0.3) is 5.52 Å². The molecule has 2 aromatic heterocycles. The van der Waals surface area contributed by atoms with E-state index in [-0.39, 0.29) is 8.88 Å². The number of hydrogen-bond donors (Lipinski definition) is 2. The molecule has 0 bridgehead atoms. The number of carbonyl (C=O) groups is 1. The van der Waals surface area contributed by atoms with E-state index in [0.29, 0.717) is 17.1 Å². The third kappa shape index (κ3) is 2.67. The van der Waals surface area contributed by atoms with Gasteiger partial charge in [-0.1, -0.05) is 6.07 Å². The fourth-order valence-corrected chi connectivity index (χ4v) is 1.96. The number of nitrogens with zero attached hydrogens (tertiary/aromatic N) is 3. The van der Waals surface area contributed by atoms with Crippen molar-refractivity contribution in [3.8, 4) is 6.07 Å². The Bertz CT molecular complexity index is 839.